The van der Waals surface area contributed by atoms with Crippen LogP contribution < -0.4 is 0 Å². The second-order valence-electron chi connectivity index (χ2n) is 5.42. The van der Waals surface area contributed by atoms with E-state index in [2.05, 4.69) is 0 Å². The molecule has 1 saturated heterocycles. The molecule has 1 spiro atoms. The van der Waals surface area contributed by atoms with Crippen LogP contribution in [0.4, 0.5) is 0 Å². The molecule has 2 rings (SSSR count). The maximum atomic E-state index is 11.0. The normalized spacial score (nSPS) is 25.2. The number of hydrogen-bond acceptors (Lipinski definition) is 3. The second kappa shape index (κ2) is 4.64. The second-order valence-corrected chi connectivity index (χ2v) is 5.42. The first kappa shape index (κ1) is 12.4. The van der Waals surface area contributed by atoms with Gasteiger partial charge in [0.05, 0.1) is 6.42 Å². The summed E-state index contributed by atoms with van der Waals surface area (Å²) in [5.74, 6) is -2.06. The van der Waals surface area contributed by atoms with Crippen molar-refractivity contribution in [3.05, 3.63) is 0 Å². The van der Waals surface area contributed by atoms with Crippen LogP contribution in [0.3, 0.4) is 0 Å². The highest BCUT2D eigenvalue weighted by atomic mass is 16.4. The van der Waals surface area contributed by atoms with Crippen molar-refractivity contribution in [1.29, 1.82) is 0 Å². The van der Waals surface area contributed by atoms with Gasteiger partial charge in [0.2, 0.25) is 0 Å². The largest absolute Gasteiger partial charge is 0.481 e. The van der Waals surface area contributed by atoms with Crippen LogP contribution in [0.15, 0.2) is 0 Å². The van der Waals surface area contributed by atoms with Gasteiger partial charge in [-0.1, -0.05) is 19.3 Å². The average molecular weight is 241 g/mol. The summed E-state index contributed by atoms with van der Waals surface area (Å²) in [5.41, 5.74) is 0.296. The van der Waals surface area contributed by atoms with Crippen molar-refractivity contribution in [2.75, 3.05) is 13.1 Å². The highest BCUT2D eigenvalue weighted by molar-refractivity contribution is 5.80. The van der Waals surface area contributed by atoms with Crippen molar-refractivity contribution in [1.82, 2.24) is 4.90 Å². The molecule has 1 heterocycles. The molecule has 0 radical (unpaired) electrons. The van der Waals surface area contributed by atoms with Gasteiger partial charge in [-0.2, -0.15) is 0 Å². The summed E-state index contributed by atoms with van der Waals surface area (Å²) in [6.07, 6.45) is 5.77. The van der Waals surface area contributed by atoms with Gasteiger partial charge in [-0.15, -0.1) is 0 Å². The summed E-state index contributed by atoms with van der Waals surface area (Å²) in [7, 11) is 0. The van der Waals surface area contributed by atoms with Gasteiger partial charge in [0.15, 0.2) is 0 Å². The summed E-state index contributed by atoms with van der Waals surface area (Å²) in [5, 5.41) is 17.8. The Balaban J connectivity index is 1.91. The number of carboxylic acids is 2. The molecule has 0 aromatic heterocycles. The molecule has 0 bridgehead atoms. The number of hydrogen-bond donors (Lipinski definition) is 2. The fourth-order valence-corrected chi connectivity index (χ4v) is 3.19. The van der Waals surface area contributed by atoms with Gasteiger partial charge in [0, 0.05) is 13.1 Å². The smallest absolute Gasteiger partial charge is 0.321 e. The molecule has 1 aliphatic carbocycles. The van der Waals surface area contributed by atoms with Gasteiger partial charge in [0.1, 0.15) is 6.04 Å². The van der Waals surface area contributed by atoms with E-state index in [0.29, 0.717) is 5.41 Å². The minimum absolute atomic E-state index is 0.296. The van der Waals surface area contributed by atoms with Gasteiger partial charge < -0.3 is 10.2 Å². The van der Waals surface area contributed by atoms with Crippen LogP contribution in [0.25, 0.3) is 0 Å². The van der Waals surface area contributed by atoms with Crippen LogP contribution in [0, 0.1) is 5.41 Å². The van der Waals surface area contributed by atoms with Crippen LogP contribution in [0.2, 0.25) is 0 Å². The van der Waals surface area contributed by atoms with Crippen molar-refractivity contribution in [3.63, 3.8) is 0 Å². The first-order chi connectivity index (χ1) is 8.02. The Labute approximate surface area is 100 Å². The fraction of sp³-hybridized carbons (Fsp3) is 0.833. The van der Waals surface area contributed by atoms with E-state index in [1.807, 2.05) is 4.90 Å². The summed E-state index contributed by atoms with van der Waals surface area (Å²) in [4.78, 5) is 23.5. The number of aliphatic carboxylic acids is 2. The molecule has 2 aliphatic rings. The standard InChI is InChI=1S/C12H19NO4/c14-10(15)6-9(11(16)17)13-7-12(8-13)4-2-1-3-5-12/h9H,1-8H2,(H,14,15)(H,16,17). The Morgan fingerprint density at radius 2 is 1.71 bits per heavy atom. The first-order valence-corrected chi connectivity index (χ1v) is 6.21. The molecular formula is C12H19NO4. The number of carboxylic acid groups (broad SMARTS) is 2. The van der Waals surface area contributed by atoms with Crippen molar-refractivity contribution < 1.29 is 19.8 Å². The summed E-state index contributed by atoms with van der Waals surface area (Å²) in [6, 6.07) is -0.847. The van der Waals surface area contributed by atoms with E-state index in [-0.39, 0.29) is 6.42 Å². The maximum Gasteiger partial charge on any atom is 0.321 e. The summed E-state index contributed by atoms with van der Waals surface area (Å²) >= 11 is 0. The lowest BCUT2D eigenvalue weighted by Gasteiger charge is -2.54. The average Bonchev–Trinajstić information content (AvgIpc) is 2.23. The highest BCUT2D eigenvalue weighted by Gasteiger charge is 2.47. The van der Waals surface area contributed by atoms with Gasteiger partial charge in [-0.05, 0) is 18.3 Å². The quantitative estimate of drug-likeness (QED) is 0.772. The molecule has 17 heavy (non-hydrogen) atoms. The van der Waals surface area contributed by atoms with Crippen LogP contribution in [-0.2, 0) is 9.59 Å². The van der Waals surface area contributed by atoms with Crippen molar-refractivity contribution in [2.24, 2.45) is 5.41 Å². The monoisotopic (exact) mass is 241 g/mol. The van der Waals surface area contributed by atoms with Gasteiger partial charge >= 0.3 is 11.9 Å². The zero-order valence-electron chi connectivity index (χ0n) is 9.89. The highest BCUT2D eigenvalue weighted by Crippen LogP contribution is 2.44. The lowest BCUT2D eigenvalue weighted by molar-refractivity contribution is -0.157. The van der Waals surface area contributed by atoms with Crippen molar-refractivity contribution >= 4 is 11.9 Å². The SMILES string of the molecule is O=C(O)CC(C(=O)O)N1CC2(CCCCC2)C1. The number of rotatable bonds is 4. The minimum Gasteiger partial charge on any atom is -0.481 e. The predicted octanol–water partition coefficient (Wildman–Crippen LogP) is 1.18. The molecule has 0 aromatic carbocycles. The zero-order valence-corrected chi connectivity index (χ0v) is 9.89. The van der Waals surface area contributed by atoms with E-state index >= 15 is 0 Å². The molecule has 5 heteroatoms. The van der Waals surface area contributed by atoms with E-state index in [1.54, 1.807) is 0 Å². The lowest BCUT2D eigenvalue weighted by atomic mass is 9.68. The molecule has 1 atom stereocenters. The van der Waals surface area contributed by atoms with Crippen LogP contribution >= 0.6 is 0 Å². The Kier molecular flexibility index (Phi) is 3.38. The van der Waals surface area contributed by atoms with E-state index in [1.165, 1.54) is 32.1 Å². The first-order valence-electron chi connectivity index (χ1n) is 6.21. The third kappa shape index (κ3) is 2.60. The molecule has 1 aliphatic heterocycles. The Morgan fingerprint density at radius 3 is 2.18 bits per heavy atom. The lowest BCUT2D eigenvalue weighted by Crippen LogP contribution is -2.62. The Morgan fingerprint density at radius 1 is 1.12 bits per heavy atom. The molecular weight excluding hydrogens is 222 g/mol. The fourth-order valence-electron chi connectivity index (χ4n) is 3.19. The maximum absolute atomic E-state index is 11.0. The van der Waals surface area contributed by atoms with E-state index in [0.717, 1.165) is 13.1 Å². The Hall–Kier alpha value is -1.10. The topological polar surface area (TPSA) is 77.8 Å². The van der Waals surface area contributed by atoms with E-state index < -0.39 is 18.0 Å². The Bertz CT molecular complexity index is 314. The molecule has 0 aromatic rings. The van der Waals surface area contributed by atoms with Crippen LogP contribution in [0.5, 0.6) is 0 Å². The van der Waals surface area contributed by atoms with E-state index in [4.69, 9.17) is 10.2 Å². The summed E-state index contributed by atoms with van der Waals surface area (Å²) in [6.45, 7) is 1.52. The van der Waals surface area contributed by atoms with Crippen molar-refractivity contribution in [2.45, 2.75) is 44.6 Å². The van der Waals surface area contributed by atoms with Crippen molar-refractivity contribution in [3.8, 4) is 0 Å². The van der Waals surface area contributed by atoms with Crippen LogP contribution in [0.1, 0.15) is 38.5 Å². The molecule has 2 fully saturated rings. The molecule has 5 nitrogen and oxygen atoms in total. The van der Waals surface area contributed by atoms with Gasteiger partial charge in [0.25, 0.3) is 0 Å². The molecule has 2 N–H and O–H groups in total. The molecule has 1 unspecified atom stereocenters. The predicted molar refractivity (Wildman–Crippen MR) is 60.8 cm³/mol. The van der Waals surface area contributed by atoms with E-state index in [9.17, 15) is 9.59 Å². The van der Waals surface area contributed by atoms with Crippen LogP contribution in [-0.4, -0.2) is 46.2 Å². The van der Waals surface area contributed by atoms with Gasteiger partial charge in [-0.25, -0.2) is 0 Å². The number of likely N-dealkylation sites (tertiary alicyclic amines) is 1. The summed E-state index contributed by atoms with van der Waals surface area (Å²) < 4.78 is 0. The number of carbonyl (C=O) groups is 2. The minimum atomic E-state index is -1.04. The molecule has 1 saturated carbocycles. The van der Waals surface area contributed by atoms with Gasteiger partial charge in [-0.3, -0.25) is 14.5 Å². The third-order valence-electron chi connectivity index (χ3n) is 4.09. The molecule has 0 amide bonds. The zero-order chi connectivity index (χ0) is 12.5. The third-order valence-corrected chi connectivity index (χ3v) is 4.09. The molecule has 96 valence electrons. The number of nitrogens with zero attached hydrogens (tertiary/aromatic N) is 1.